The highest BCUT2D eigenvalue weighted by molar-refractivity contribution is 6.85. The molecule has 33 heteroatoms. The van der Waals surface area contributed by atoms with Gasteiger partial charge in [0, 0.05) is 45.2 Å². The number of quaternary nitrogens is 1. The van der Waals surface area contributed by atoms with E-state index in [2.05, 4.69) is 129 Å². The average Bonchev–Trinajstić information content (AvgIpc) is 1.61. The maximum Gasteiger partial charge on any atom is 0.309 e. The molecular formula is C112H209ClN8O20Si4. The lowest BCUT2D eigenvalue weighted by molar-refractivity contribution is -0.889. The van der Waals surface area contributed by atoms with E-state index >= 15 is 0 Å². The molecule has 0 aromatic carbocycles. The van der Waals surface area contributed by atoms with Crippen LogP contribution in [-0.4, -0.2) is 280 Å². The summed E-state index contributed by atoms with van der Waals surface area (Å²) in [6.45, 7) is 71.6. The summed E-state index contributed by atoms with van der Waals surface area (Å²) in [5.74, 6) is -15.6. The lowest BCUT2D eigenvalue weighted by Crippen LogP contribution is -3.00. The summed E-state index contributed by atoms with van der Waals surface area (Å²) in [7, 11) is 4.32. The third-order valence-corrected chi connectivity index (χ3v) is 46.3. The van der Waals surface area contributed by atoms with Crippen molar-refractivity contribution in [3.63, 3.8) is 0 Å². The number of rotatable bonds is 61. The standard InChI is InChI=1S/C43H79N3O9Si2.C38H71N4O4.C31H59NO7Si2.ClH/c1-17-19-24-56(13,14)55-57(15,16)25-20-21-45-36(48)32(34(37(45)49)42(7,8)27-30(39(51)52)29(3)40(53)54-18-2)28-43(9,10)33-31(26-41(4,5)6)35(47)46(38(33)50)23-22-44(11)12;1-12-13-14-15-16-17-18-19-20-21-25-42(10,11)26-24-41-35(45)31(27-37(3,4)5)32(36(41)46)38(6,7)28-30-29(2)33(43)40(34(30)44)23-22-39(8)9;1-13-15-18-40(9,10)39-41(11,12)19-16-17-32-26(33)24(20-30(4,5)6)25(27(32)34)31(7,8)21-23(28(35)36)22(3)29(37)38-14-2;/h29-34H,17-28H2,1-16H3,(H,51,52);29-32H,12-28H2,1-11H3;22-25H,13-21H2,1-12H3,(H,35,36);1H/q;+1;;/p-1. The van der Waals surface area contributed by atoms with Gasteiger partial charge in [0.15, 0.2) is 33.3 Å². The second-order valence-corrected chi connectivity index (χ2v) is 71.4. The molecule has 5 fully saturated rings. The Bertz CT molecular complexity index is 4230. The highest BCUT2D eigenvalue weighted by atomic mass is 35.5. The number of likely N-dealkylation sites (tertiary alicyclic amines) is 5. The summed E-state index contributed by atoms with van der Waals surface area (Å²) >= 11 is 0. The molecule has 0 aliphatic carbocycles. The number of hydrogen-bond donors (Lipinski definition) is 2. The molecule has 5 aliphatic rings. The third-order valence-electron chi connectivity index (χ3n) is 31.2. The molecule has 14 atom stereocenters. The molecule has 0 aromatic rings. The van der Waals surface area contributed by atoms with E-state index in [4.69, 9.17) is 17.7 Å². The molecule has 0 radical (unpaired) electrons. The summed E-state index contributed by atoms with van der Waals surface area (Å²) in [5, 5.41) is 20.4. The molecule has 5 heterocycles. The van der Waals surface area contributed by atoms with Crippen molar-refractivity contribution in [2.24, 2.45) is 121 Å². The van der Waals surface area contributed by atoms with E-state index in [1.165, 1.54) is 95.6 Å². The average molecular weight is 2140 g/mol. The zero-order valence-electron chi connectivity index (χ0n) is 98.7. The van der Waals surface area contributed by atoms with Crippen molar-refractivity contribution in [1.82, 2.24) is 34.3 Å². The molecule has 145 heavy (non-hydrogen) atoms. The Morgan fingerprint density at radius 1 is 0.345 bits per heavy atom. The van der Waals surface area contributed by atoms with Crippen molar-refractivity contribution in [2.45, 2.75) is 397 Å². The maximum absolute atomic E-state index is 14.7. The zero-order valence-corrected chi connectivity index (χ0v) is 103. The number of ether oxygens (including phenoxy) is 2. The van der Waals surface area contributed by atoms with Crippen LogP contribution in [0.5, 0.6) is 0 Å². The monoisotopic (exact) mass is 2130 g/mol. The molecule has 840 valence electrons. The van der Waals surface area contributed by atoms with E-state index < -0.39 is 162 Å². The van der Waals surface area contributed by atoms with Gasteiger partial charge in [-0.05, 0) is 227 Å². The Kier molecular flexibility index (Phi) is 53.7. The summed E-state index contributed by atoms with van der Waals surface area (Å²) in [4.78, 5) is 202. The van der Waals surface area contributed by atoms with Crippen LogP contribution < -0.4 is 12.4 Å². The van der Waals surface area contributed by atoms with Crippen LogP contribution in [0, 0.1) is 121 Å². The first kappa shape index (κ1) is 136. The molecule has 2 N–H and O–H groups in total. The number of carboxylic acids is 2. The Balaban J connectivity index is 0.000000744. The van der Waals surface area contributed by atoms with Crippen LogP contribution in [0.4, 0.5) is 0 Å². The van der Waals surface area contributed by atoms with E-state index in [-0.39, 0.29) is 133 Å². The number of carbonyl (C=O) groups is 14. The Morgan fingerprint density at radius 3 is 0.890 bits per heavy atom. The van der Waals surface area contributed by atoms with Crippen molar-refractivity contribution < 1.29 is 112 Å². The number of unbranched alkanes of at least 4 members (excludes halogenated alkanes) is 11. The minimum atomic E-state index is -2.13. The fourth-order valence-electron chi connectivity index (χ4n) is 23.7. The second kappa shape index (κ2) is 57.5. The summed E-state index contributed by atoms with van der Waals surface area (Å²) in [5.41, 5.74) is -3.98. The van der Waals surface area contributed by atoms with Crippen LogP contribution in [0.15, 0.2) is 0 Å². The summed E-state index contributed by atoms with van der Waals surface area (Å²) in [6.07, 6.45) is 21.2. The minimum Gasteiger partial charge on any atom is -1.00 e. The van der Waals surface area contributed by atoms with Crippen LogP contribution >= 0.6 is 0 Å². The summed E-state index contributed by atoms with van der Waals surface area (Å²) < 4.78 is 24.6. The minimum absolute atomic E-state index is 0. The van der Waals surface area contributed by atoms with Crippen molar-refractivity contribution in [3.05, 3.63) is 0 Å². The van der Waals surface area contributed by atoms with Gasteiger partial charge >= 0.3 is 23.9 Å². The lowest BCUT2D eigenvalue weighted by Gasteiger charge is -2.40. The van der Waals surface area contributed by atoms with Gasteiger partial charge in [-0.15, -0.1) is 0 Å². The number of imide groups is 5. The van der Waals surface area contributed by atoms with Crippen LogP contribution in [0.2, 0.25) is 76.6 Å². The lowest BCUT2D eigenvalue weighted by atomic mass is 9.61. The van der Waals surface area contributed by atoms with Crippen molar-refractivity contribution in [3.8, 4) is 0 Å². The summed E-state index contributed by atoms with van der Waals surface area (Å²) in [6, 6.07) is 3.86. The first-order valence-electron chi connectivity index (χ1n) is 55.4. The highest BCUT2D eigenvalue weighted by Gasteiger charge is 2.63. The highest BCUT2D eigenvalue weighted by Crippen LogP contribution is 2.56. The maximum atomic E-state index is 14.7. The fraction of sp³-hybridized carbons (Fsp3) is 0.875. The smallest absolute Gasteiger partial charge is 0.309 e. The van der Waals surface area contributed by atoms with Gasteiger partial charge in [-0.25, -0.2) is 0 Å². The van der Waals surface area contributed by atoms with Gasteiger partial charge in [0.05, 0.1) is 124 Å². The first-order valence-corrected chi connectivity index (χ1v) is 67.9. The Hall–Kier alpha value is -5.46. The number of aliphatic carboxylic acids is 2. The van der Waals surface area contributed by atoms with Crippen LogP contribution in [0.1, 0.15) is 321 Å². The van der Waals surface area contributed by atoms with Gasteiger partial charge in [0.25, 0.3) is 0 Å². The second-order valence-electron chi connectivity index (χ2n) is 53.7. The first-order chi connectivity index (χ1) is 65.8. The number of carbonyl (C=O) groups excluding carboxylic acids is 12. The number of amides is 10. The third kappa shape index (κ3) is 41.8. The largest absolute Gasteiger partial charge is 1.00 e. The number of carboxylic acid groups (broad SMARTS) is 2. The molecule has 0 aromatic heterocycles. The zero-order chi connectivity index (χ0) is 111. The molecule has 10 amide bonds. The SMILES string of the molecule is CCCCCCCCCCCC[N+](C)(C)CCN1C(=O)C(CC(C)(C)C)C(C(C)(C)CC2C(=O)N(CCN(C)C)C(=O)C2C)C1=O.CCCC[Si](C)(C)O[Si](C)(C)CCCN1C(=O)C(CC(C)(C)C)C(C(C)(C)CC(C(=O)O)C(C)C(=O)OCC)C1=O.CCCC[Si](C)(C)O[Si](C)(C)CCCN1C(=O)C(CC(C)(C)C2C(=O)N(CCN(C)C)C(=O)C2CC(C)(C)C)C(C(C)(C)CC(C(=O)O)C(C)C(=O)OCC)C1=O.[Cl-]. The van der Waals surface area contributed by atoms with Gasteiger partial charge in [0.2, 0.25) is 59.1 Å². The number of likely N-dealkylation sites (N-methyl/N-ethyl adjacent to an activating group) is 3. The molecule has 14 unspecified atom stereocenters. The van der Waals surface area contributed by atoms with Gasteiger partial charge < -0.3 is 54.6 Å². The Labute approximate surface area is 889 Å². The Morgan fingerprint density at radius 2 is 0.600 bits per heavy atom. The van der Waals surface area contributed by atoms with Crippen molar-refractivity contribution in [2.75, 3.05) is 114 Å². The topological polar surface area (TPSA) is 339 Å². The van der Waals surface area contributed by atoms with Crippen LogP contribution in [0.3, 0.4) is 0 Å². The number of esters is 2. The quantitative estimate of drug-likeness (QED) is 0.0188. The van der Waals surface area contributed by atoms with E-state index in [9.17, 15) is 77.3 Å². The molecule has 0 spiro atoms. The molecule has 5 rings (SSSR count). The van der Waals surface area contributed by atoms with Crippen molar-refractivity contribution in [1.29, 1.82) is 0 Å². The molecule has 0 saturated carbocycles. The van der Waals surface area contributed by atoms with Crippen LogP contribution in [-0.2, 0) is 84.8 Å². The van der Waals surface area contributed by atoms with Gasteiger partial charge in [-0.3, -0.25) is 91.6 Å². The van der Waals surface area contributed by atoms with E-state index in [1.54, 1.807) is 20.8 Å². The fourth-order valence-corrected chi connectivity index (χ4v) is 41.8. The van der Waals surface area contributed by atoms with E-state index in [0.29, 0.717) is 71.2 Å². The van der Waals surface area contributed by atoms with Gasteiger partial charge in [0.1, 0.15) is 0 Å². The number of halogens is 1. The normalized spacial score (nSPS) is 22.0. The van der Waals surface area contributed by atoms with E-state index in [0.717, 1.165) is 67.4 Å². The predicted octanol–water partition coefficient (Wildman–Crippen LogP) is 18.1. The molecule has 5 saturated heterocycles. The molecule has 0 bridgehead atoms. The van der Waals surface area contributed by atoms with Gasteiger partial charge in [-0.1, -0.05) is 236 Å². The molecule has 5 aliphatic heterocycles. The van der Waals surface area contributed by atoms with Gasteiger partial charge in [-0.2, -0.15) is 0 Å². The van der Waals surface area contributed by atoms with Crippen molar-refractivity contribution >= 4 is 116 Å². The predicted molar refractivity (Wildman–Crippen MR) is 585 cm³/mol. The van der Waals surface area contributed by atoms with E-state index in [1.807, 2.05) is 121 Å². The molecule has 28 nitrogen and oxygen atoms in total. The van der Waals surface area contributed by atoms with Crippen LogP contribution in [0.25, 0.3) is 0 Å². The number of nitrogens with zero attached hydrogens (tertiary/aromatic N) is 8. The number of hydrogen-bond acceptors (Lipinski definition) is 20. The molecular weight excluding hydrogens is 1930 g/mol.